The molecule has 0 aliphatic heterocycles. The molecule has 1 aromatic rings. The van der Waals surface area contributed by atoms with Gasteiger partial charge in [-0.3, -0.25) is 9.59 Å². The Labute approximate surface area is 138 Å². The van der Waals surface area contributed by atoms with Gasteiger partial charge in [-0.25, -0.2) is 4.79 Å². The summed E-state index contributed by atoms with van der Waals surface area (Å²) in [5.41, 5.74) is 0.634. The first-order valence-electron chi connectivity index (χ1n) is 6.17. The average molecular weight is 416 g/mol. The molecular weight excluding hydrogens is 404 g/mol. The first kappa shape index (κ1) is 16.1. The van der Waals surface area contributed by atoms with E-state index in [4.69, 9.17) is 4.74 Å². The van der Waals surface area contributed by atoms with Crippen LogP contribution in [0.3, 0.4) is 0 Å². The van der Waals surface area contributed by atoms with E-state index in [-0.39, 0.29) is 10.3 Å². The van der Waals surface area contributed by atoms with Gasteiger partial charge < -0.3 is 4.74 Å². The van der Waals surface area contributed by atoms with Crippen molar-refractivity contribution in [1.29, 1.82) is 0 Å². The number of alkyl halides is 1. The lowest BCUT2D eigenvalue weighted by atomic mass is 9.86. The molecule has 0 aromatic heterocycles. The molecule has 1 aliphatic rings. The van der Waals surface area contributed by atoms with Crippen molar-refractivity contribution in [1.82, 2.24) is 0 Å². The molecule has 1 aliphatic carbocycles. The summed E-state index contributed by atoms with van der Waals surface area (Å²) in [7, 11) is 0. The maximum Gasteiger partial charge on any atom is 0.338 e. The highest BCUT2D eigenvalue weighted by atomic mass is 79.9. The number of hydrogen-bond donors (Lipinski definition) is 0. The molecule has 1 aromatic carbocycles. The number of esters is 1. The van der Waals surface area contributed by atoms with Crippen molar-refractivity contribution in [2.75, 3.05) is 0 Å². The minimum Gasteiger partial charge on any atom is -0.448 e. The fourth-order valence-corrected chi connectivity index (χ4v) is 3.03. The van der Waals surface area contributed by atoms with Gasteiger partial charge in [-0.2, -0.15) is 0 Å². The van der Waals surface area contributed by atoms with E-state index in [0.717, 1.165) is 0 Å². The van der Waals surface area contributed by atoms with E-state index >= 15 is 0 Å². The Morgan fingerprint density at radius 2 is 1.81 bits per heavy atom. The molecule has 6 heteroatoms. The number of allylic oxidation sites excluding steroid dienone is 1. The van der Waals surface area contributed by atoms with Crippen LogP contribution >= 0.6 is 31.9 Å². The van der Waals surface area contributed by atoms with Gasteiger partial charge in [-0.15, -0.1) is 0 Å². The number of Topliss-reactive ketones (excluding diaryl/α,β-unsaturated/α-hetero) is 2. The smallest absolute Gasteiger partial charge is 0.338 e. The third kappa shape index (κ3) is 2.87. The Bertz CT molecular complexity index is 647. The summed E-state index contributed by atoms with van der Waals surface area (Å²) in [5.74, 6) is -1.37. The second-order valence-corrected chi connectivity index (χ2v) is 7.30. The summed E-state index contributed by atoms with van der Waals surface area (Å²) in [6.45, 7) is 3.08. The maximum atomic E-state index is 12.3. The van der Waals surface area contributed by atoms with Crippen LogP contribution < -0.4 is 0 Å². The zero-order valence-electron chi connectivity index (χ0n) is 11.4. The van der Waals surface area contributed by atoms with Crippen LogP contribution in [0.1, 0.15) is 24.2 Å². The molecule has 2 unspecified atom stereocenters. The van der Waals surface area contributed by atoms with Crippen LogP contribution in [-0.2, 0) is 14.3 Å². The van der Waals surface area contributed by atoms with Crippen LogP contribution in [0.5, 0.6) is 0 Å². The van der Waals surface area contributed by atoms with Crippen LogP contribution in [-0.4, -0.2) is 28.0 Å². The van der Waals surface area contributed by atoms with Gasteiger partial charge in [0.2, 0.25) is 5.78 Å². The normalized spacial score (nSPS) is 26.0. The maximum absolute atomic E-state index is 12.3. The van der Waals surface area contributed by atoms with Crippen molar-refractivity contribution in [3.05, 3.63) is 46.0 Å². The Morgan fingerprint density at radius 1 is 1.24 bits per heavy atom. The van der Waals surface area contributed by atoms with Crippen molar-refractivity contribution < 1.29 is 19.1 Å². The van der Waals surface area contributed by atoms with Crippen molar-refractivity contribution >= 4 is 49.4 Å². The Morgan fingerprint density at radius 3 is 2.38 bits per heavy atom. The van der Waals surface area contributed by atoms with Gasteiger partial charge in [0, 0.05) is 5.57 Å². The van der Waals surface area contributed by atoms with Gasteiger partial charge >= 0.3 is 5.97 Å². The van der Waals surface area contributed by atoms with Crippen molar-refractivity contribution in [3.8, 4) is 0 Å². The van der Waals surface area contributed by atoms with Gasteiger partial charge in [-0.1, -0.05) is 34.1 Å². The van der Waals surface area contributed by atoms with Crippen molar-refractivity contribution in [2.24, 2.45) is 0 Å². The molecule has 21 heavy (non-hydrogen) atoms. The molecule has 110 valence electrons. The predicted molar refractivity (Wildman–Crippen MR) is 84.6 cm³/mol. The molecule has 2 rings (SSSR count). The molecule has 0 spiro atoms. The van der Waals surface area contributed by atoms with Gasteiger partial charge in [0.25, 0.3) is 0 Å². The topological polar surface area (TPSA) is 60.4 Å². The SMILES string of the molecule is CC1=C(Br)C(=O)C(OC(=O)c2ccccc2)C(C)(Br)C1=O. The number of halogens is 2. The summed E-state index contributed by atoms with van der Waals surface area (Å²) in [5, 5.41) is 0. The van der Waals surface area contributed by atoms with E-state index in [2.05, 4.69) is 31.9 Å². The number of hydrogen-bond acceptors (Lipinski definition) is 4. The lowest BCUT2D eigenvalue weighted by Gasteiger charge is -2.33. The van der Waals surface area contributed by atoms with Crippen LogP contribution in [0.25, 0.3) is 0 Å². The summed E-state index contributed by atoms with van der Waals surface area (Å²) in [6, 6.07) is 8.32. The van der Waals surface area contributed by atoms with Crippen LogP contribution in [0, 0.1) is 0 Å². The molecule has 0 radical (unpaired) electrons. The number of ketones is 2. The standard InChI is InChI=1S/C15H12Br2O4/c1-8-10(16)11(18)13(15(2,17)12(8)19)21-14(20)9-6-4-3-5-7-9/h3-7,13H,1-2H3. The monoisotopic (exact) mass is 414 g/mol. The molecule has 0 saturated heterocycles. The van der Waals surface area contributed by atoms with E-state index in [0.29, 0.717) is 11.1 Å². The Balaban J connectivity index is 2.33. The number of carbonyl (C=O) groups is 3. The fourth-order valence-electron chi connectivity index (χ4n) is 2.04. The minimum absolute atomic E-state index is 0.148. The minimum atomic E-state index is -1.27. The number of rotatable bonds is 2. The highest BCUT2D eigenvalue weighted by Crippen LogP contribution is 2.38. The molecule has 4 nitrogen and oxygen atoms in total. The lowest BCUT2D eigenvalue weighted by molar-refractivity contribution is -0.132. The van der Waals surface area contributed by atoms with E-state index in [9.17, 15) is 14.4 Å². The lowest BCUT2D eigenvalue weighted by Crippen LogP contribution is -2.52. The van der Waals surface area contributed by atoms with E-state index in [1.807, 2.05) is 0 Å². The predicted octanol–water partition coefficient (Wildman–Crippen LogP) is 3.19. The Hall–Kier alpha value is -1.27. The molecule has 0 amide bonds. The molecular formula is C15H12Br2O4. The summed E-state index contributed by atoms with van der Waals surface area (Å²) in [4.78, 5) is 36.7. The number of carbonyl (C=O) groups excluding carboxylic acids is 3. The zero-order chi connectivity index (χ0) is 15.8. The highest BCUT2D eigenvalue weighted by molar-refractivity contribution is 9.12. The van der Waals surface area contributed by atoms with Crippen LogP contribution in [0.4, 0.5) is 0 Å². The highest BCUT2D eigenvalue weighted by Gasteiger charge is 2.51. The molecule has 2 atom stereocenters. The second-order valence-electron chi connectivity index (χ2n) is 4.86. The Kier molecular flexibility index (Phi) is 4.49. The van der Waals surface area contributed by atoms with Gasteiger partial charge in [0.15, 0.2) is 11.9 Å². The van der Waals surface area contributed by atoms with Gasteiger partial charge in [-0.05, 0) is 41.9 Å². The second kappa shape index (κ2) is 5.85. The van der Waals surface area contributed by atoms with E-state index < -0.39 is 22.2 Å². The average Bonchev–Trinajstić information content (AvgIpc) is 2.48. The first-order valence-corrected chi connectivity index (χ1v) is 7.75. The summed E-state index contributed by atoms with van der Waals surface area (Å²) >= 11 is 6.33. The summed E-state index contributed by atoms with van der Waals surface area (Å²) < 4.78 is 4.15. The van der Waals surface area contributed by atoms with Crippen LogP contribution in [0.2, 0.25) is 0 Å². The summed E-state index contributed by atoms with van der Waals surface area (Å²) in [6.07, 6.45) is -1.21. The van der Waals surface area contributed by atoms with E-state index in [1.165, 1.54) is 6.92 Å². The molecule has 0 heterocycles. The van der Waals surface area contributed by atoms with Gasteiger partial charge in [0.1, 0.15) is 4.32 Å². The first-order chi connectivity index (χ1) is 9.76. The molecule has 0 N–H and O–H groups in total. The third-order valence-electron chi connectivity index (χ3n) is 3.30. The van der Waals surface area contributed by atoms with E-state index in [1.54, 1.807) is 37.3 Å². The molecule has 0 fully saturated rings. The third-order valence-corrected chi connectivity index (χ3v) is 5.06. The molecule has 0 bridgehead atoms. The quantitative estimate of drug-likeness (QED) is 0.549. The van der Waals surface area contributed by atoms with Crippen LogP contribution in [0.15, 0.2) is 40.4 Å². The van der Waals surface area contributed by atoms with Crippen molar-refractivity contribution in [2.45, 2.75) is 24.3 Å². The largest absolute Gasteiger partial charge is 0.448 e. The van der Waals surface area contributed by atoms with Crippen molar-refractivity contribution in [3.63, 3.8) is 0 Å². The number of benzene rings is 1. The molecule has 0 saturated carbocycles. The number of ether oxygens (including phenoxy) is 1. The zero-order valence-corrected chi connectivity index (χ0v) is 14.5. The van der Waals surface area contributed by atoms with Gasteiger partial charge in [0.05, 0.1) is 10.0 Å². The fraction of sp³-hybridized carbons (Fsp3) is 0.267.